The van der Waals surface area contributed by atoms with Crippen molar-refractivity contribution in [2.75, 3.05) is 17.7 Å². The first-order valence-electron chi connectivity index (χ1n) is 9.77. The second-order valence-electron chi connectivity index (χ2n) is 6.71. The second kappa shape index (κ2) is 9.05. The maximum atomic E-state index is 12.4. The molecule has 0 fully saturated rings. The molecule has 0 radical (unpaired) electrons. The van der Waals surface area contributed by atoms with Crippen LogP contribution in [-0.4, -0.2) is 32.7 Å². The Hall–Kier alpha value is -3.59. The fourth-order valence-electron chi connectivity index (χ4n) is 3.22. The van der Waals surface area contributed by atoms with Crippen LogP contribution in [0.1, 0.15) is 18.2 Å². The molecule has 0 saturated carbocycles. The molecule has 0 saturated heterocycles. The summed E-state index contributed by atoms with van der Waals surface area (Å²) in [5.74, 6) is 1.19. The van der Waals surface area contributed by atoms with E-state index < -0.39 is 0 Å². The third kappa shape index (κ3) is 4.46. The Kier molecular flexibility index (Phi) is 6.03. The maximum Gasteiger partial charge on any atom is 0.323 e. The van der Waals surface area contributed by atoms with Crippen LogP contribution in [0.4, 0.5) is 16.2 Å². The van der Waals surface area contributed by atoms with Crippen LogP contribution in [0, 0.1) is 6.92 Å². The molecule has 0 atom stereocenters. The molecule has 4 rings (SSSR count). The molecule has 0 spiro atoms. The normalized spacial score (nSPS) is 10.8. The number of benzene rings is 2. The summed E-state index contributed by atoms with van der Waals surface area (Å²) in [6, 6.07) is 14.6. The van der Waals surface area contributed by atoms with Crippen molar-refractivity contribution < 1.29 is 9.53 Å². The van der Waals surface area contributed by atoms with Gasteiger partial charge < -0.3 is 15.4 Å². The third-order valence-corrected chi connectivity index (χ3v) is 5.84. The number of para-hydroxylation sites is 2. The van der Waals surface area contributed by atoms with Crippen LogP contribution >= 0.6 is 11.8 Å². The average molecular weight is 435 g/mol. The van der Waals surface area contributed by atoms with Crippen LogP contribution in [0.15, 0.2) is 64.8 Å². The number of amides is 2. The number of rotatable bonds is 6. The van der Waals surface area contributed by atoms with E-state index in [1.807, 2.05) is 43.3 Å². The van der Waals surface area contributed by atoms with Crippen molar-refractivity contribution in [2.24, 2.45) is 0 Å². The van der Waals surface area contributed by atoms with Gasteiger partial charge in [-0.1, -0.05) is 30.8 Å². The Bertz CT molecular complexity index is 1220. The number of methoxy groups -OCH3 is 1. The number of anilines is 2. The molecular weight excluding hydrogens is 412 g/mol. The molecule has 0 aliphatic rings. The van der Waals surface area contributed by atoms with Gasteiger partial charge >= 0.3 is 6.03 Å². The molecule has 0 unspecified atom stereocenters. The topological polar surface area (TPSA) is 93.4 Å². The number of hydrogen-bond donors (Lipinski definition) is 2. The molecule has 158 valence electrons. The van der Waals surface area contributed by atoms with E-state index in [2.05, 4.69) is 32.6 Å². The number of hydrogen-bond acceptors (Lipinski definition) is 6. The number of fused-ring (bicyclic) bond motifs is 1. The zero-order chi connectivity index (χ0) is 21.8. The van der Waals surface area contributed by atoms with Gasteiger partial charge in [0.15, 0.2) is 0 Å². The Balaban J connectivity index is 1.49. The van der Waals surface area contributed by atoms with Gasteiger partial charge in [0, 0.05) is 21.8 Å². The lowest BCUT2D eigenvalue weighted by molar-refractivity contribution is 0.262. The molecule has 2 aromatic heterocycles. The summed E-state index contributed by atoms with van der Waals surface area (Å²) in [5, 5.41) is 11.0. The van der Waals surface area contributed by atoms with Crippen molar-refractivity contribution in [3.63, 3.8) is 0 Å². The monoisotopic (exact) mass is 434 g/mol. The van der Waals surface area contributed by atoms with E-state index in [9.17, 15) is 4.79 Å². The standard InChI is InChI=1S/C22H22N6O2S/c1-4-17-14(2)25-21-23-13-24-28(21)20(17)31-16-11-9-15(10-12-16)26-22(29)27-18-7-5-6-8-19(18)30-3/h5-13H,4H2,1-3H3,(H2,26,27,29). The molecule has 0 aliphatic heterocycles. The Labute approximate surface area is 184 Å². The van der Waals surface area contributed by atoms with Gasteiger partial charge in [-0.15, -0.1) is 0 Å². The number of carbonyl (C=O) groups is 1. The molecule has 0 bridgehead atoms. The molecule has 4 aromatic rings. The summed E-state index contributed by atoms with van der Waals surface area (Å²) >= 11 is 1.60. The van der Waals surface area contributed by atoms with E-state index >= 15 is 0 Å². The van der Waals surface area contributed by atoms with Gasteiger partial charge in [-0.3, -0.25) is 0 Å². The number of aryl methyl sites for hydroxylation is 1. The Morgan fingerprint density at radius 3 is 2.65 bits per heavy atom. The summed E-state index contributed by atoms with van der Waals surface area (Å²) in [4.78, 5) is 22.1. The molecule has 9 heteroatoms. The number of nitrogens with zero attached hydrogens (tertiary/aromatic N) is 4. The average Bonchev–Trinajstić information content (AvgIpc) is 3.24. The molecule has 8 nitrogen and oxygen atoms in total. The maximum absolute atomic E-state index is 12.4. The van der Waals surface area contributed by atoms with E-state index in [4.69, 9.17) is 4.74 Å². The van der Waals surface area contributed by atoms with Gasteiger partial charge in [0.2, 0.25) is 0 Å². The van der Waals surface area contributed by atoms with E-state index in [1.54, 1.807) is 35.5 Å². The number of ether oxygens (including phenoxy) is 1. The number of urea groups is 1. The van der Waals surface area contributed by atoms with Crippen LogP contribution < -0.4 is 15.4 Å². The number of carbonyl (C=O) groups excluding carboxylic acids is 1. The minimum Gasteiger partial charge on any atom is -0.495 e. The molecule has 31 heavy (non-hydrogen) atoms. The quantitative estimate of drug-likeness (QED) is 0.424. The molecule has 2 aromatic carbocycles. The van der Waals surface area contributed by atoms with Gasteiger partial charge in [-0.25, -0.2) is 9.78 Å². The van der Waals surface area contributed by atoms with Gasteiger partial charge in [-0.2, -0.15) is 14.6 Å². The SMILES string of the molecule is CCc1c(C)nc2ncnn2c1Sc1ccc(NC(=O)Nc2ccccc2OC)cc1. The van der Waals surface area contributed by atoms with Gasteiger partial charge in [0.05, 0.1) is 12.8 Å². The summed E-state index contributed by atoms with van der Waals surface area (Å²) in [7, 11) is 1.57. The Morgan fingerprint density at radius 1 is 1.13 bits per heavy atom. The van der Waals surface area contributed by atoms with Crippen LogP contribution in [0.2, 0.25) is 0 Å². The fraction of sp³-hybridized carbons (Fsp3) is 0.182. The minimum atomic E-state index is -0.341. The first-order valence-corrected chi connectivity index (χ1v) is 10.6. The zero-order valence-electron chi connectivity index (χ0n) is 17.4. The van der Waals surface area contributed by atoms with Crippen molar-refractivity contribution in [1.29, 1.82) is 0 Å². The van der Waals surface area contributed by atoms with Crippen molar-refractivity contribution in [3.05, 3.63) is 66.1 Å². The zero-order valence-corrected chi connectivity index (χ0v) is 18.2. The van der Waals surface area contributed by atoms with Crippen molar-refractivity contribution >= 4 is 34.9 Å². The summed E-state index contributed by atoms with van der Waals surface area (Å²) in [6.07, 6.45) is 2.36. The highest BCUT2D eigenvalue weighted by Crippen LogP contribution is 2.32. The molecule has 2 heterocycles. The largest absolute Gasteiger partial charge is 0.495 e. The van der Waals surface area contributed by atoms with Crippen molar-refractivity contribution in [2.45, 2.75) is 30.2 Å². The lowest BCUT2D eigenvalue weighted by Crippen LogP contribution is -2.19. The summed E-state index contributed by atoms with van der Waals surface area (Å²) in [6.45, 7) is 4.09. The van der Waals surface area contributed by atoms with Crippen molar-refractivity contribution in [3.8, 4) is 5.75 Å². The van der Waals surface area contributed by atoms with E-state index in [0.29, 0.717) is 22.9 Å². The van der Waals surface area contributed by atoms with Gasteiger partial charge in [0.1, 0.15) is 17.1 Å². The number of nitrogens with one attached hydrogen (secondary N) is 2. The highest BCUT2D eigenvalue weighted by Gasteiger charge is 2.14. The van der Waals surface area contributed by atoms with E-state index in [-0.39, 0.29) is 6.03 Å². The number of aromatic nitrogens is 4. The minimum absolute atomic E-state index is 0.341. The van der Waals surface area contributed by atoms with Crippen LogP contribution in [-0.2, 0) is 6.42 Å². The van der Waals surface area contributed by atoms with Crippen LogP contribution in [0.5, 0.6) is 5.75 Å². The van der Waals surface area contributed by atoms with Gasteiger partial charge in [0.25, 0.3) is 5.78 Å². The molecular formula is C22H22N6O2S. The molecule has 2 N–H and O–H groups in total. The summed E-state index contributed by atoms with van der Waals surface area (Å²) < 4.78 is 7.03. The van der Waals surface area contributed by atoms with Gasteiger partial charge in [-0.05, 0) is 49.7 Å². The first-order chi connectivity index (χ1) is 15.1. The van der Waals surface area contributed by atoms with Crippen LogP contribution in [0.25, 0.3) is 5.78 Å². The van der Waals surface area contributed by atoms with Crippen molar-refractivity contribution in [1.82, 2.24) is 19.6 Å². The first kappa shape index (κ1) is 20.7. The lowest BCUT2D eigenvalue weighted by Gasteiger charge is -2.13. The predicted molar refractivity (Wildman–Crippen MR) is 121 cm³/mol. The lowest BCUT2D eigenvalue weighted by atomic mass is 10.2. The van der Waals surface area contributed by atoms with E-state index in [1.165, 1.54) is 6.33 Å². The van der Waals surface area contributed by atoms with E-state index in [0.717, 1.165) is 27.6 Å². The Morgan fingerprint density at radius 2 is 1.90 bits per heavy atom. The predicted octanol–water partition coefficient (Wildman–Crippen LogP) is 4.80. The molecule has 2 amide bonds. The smallest absolute Gasteiger partial charge is 0.323 e. The van der Waals surface area contributed by atoms with Crippen LogP contribution in [0.3, 0.4) is 0 Å². The molecule has 0 aliphatic carbocycles. The second-order valence-corrected chi connectivity index (χ2v) is 7.77. The highest BCUT2D eigenvalue weighted by atomic mass is 32.2. The highest BCUT2D eigenvalue weighted by molar-refractivity contribution is 7.99. The summed E-state index contributed by atoms with van der Waals surface area (Å²) in [5.41, 5.74) is 3.38. The third-order valence-electron chi connectivity index (χ3n) is 4.72. The fourth-order valence-corrected chi connectivity index (χ4v) is 4.34.